The summed E-state index contributed by atoms with van der Waals surface area (Å²) in [4.78, 5) is 33.6. The first-order chi connectivity index (χ1) is 15.5. The van der Waals surface area contributed by atoms with Crippen LogP contribution in [0.1, 0.15) is 12.0 Å². The highest BCUT2D eigenvalue weighted by atomic mass is 19.1. The maximum absolute atomic E-state index is 14.2. The third-order valence-corrected chi connectivity index (χ3v) is 6.56. The second-order valence-corrected chi connectivity index (χ2v) is 8.32. The highest BCUT2D eigenvalue weighted by Crippen LogP contribution is 2.34. The van der Waals surface area contributed by atoms with Gasteiger partial charge in [0.25, 0.3) is 5.91 Å². The van der Waals surface area contributed by atoms with Gasteiger partial charge >= 0.3 is 6.03 Å². The lowest BCUT2D eigenvalue weighted by atomic mass is 10.1. The highest BCUT2D eigenvalue weighted by Gasteiger charge is 2.56. The lowest BCUT2D eigenvalue weighted by Crippen LogP contribution is -2.66. The molecule has 2 aromatic rings. The van der Waals surface area contributed by atoms with Gasteiger partial charge in [0.2, 0.25) is 0 Å². The Morgan fingerprint density at radius 1 is 1.09 bits per heavy atom. The Balaban J connectivity index is 1.43. The molecule has 0 radical (unpaired) electrons. The predicted octanol–water partition coefficient (Wildman–Crippen LogP) is 2.02. The standard InChI is InChI=1S/C23H26FN5O3/c1-26-20-19(21(30)29(23(26)31)14-15-6-3-4-7-18(15)24)28-13-5-12-27(22(28)25-20)16-8-10-17(32-2)11-9-16/h3-4,6-11,19-20,22,25H,5,12-14H2,1-2H3. The summed E-state index contributed by atoms with van der Waals surface area (Å²) in [6.45, 7) is 1.47. The number of urea groups is 1. The van der Waals surface area contributed by atoms with Crippen molar-refractivity contribution in [2.45, 2.75) is 31.5 Å². The second kappa shape index (κ2) is 8.07. The first-order valence-corrected chi connectivity index (χ1v) is 10.7. The van der Waals surface area contributed by atoms with Crippen molar-refractivity contribution in [2.75, 3.05) is 32.1 Å². The van der Waals surface area contributed by atoms with Gasteiger partial charge in [-0.05, 0) is 36.8 Å². The van der Waals surface area contributed by atoms with Crippen LogP contribution in [-0.2, 0) is 11.3 Å². The van der Waals surface area contributed by atoms with E-state index in [9.17, 15) is 14.0 Å². The number of fused-ring (bicyclic) bond motifs is 3. The van der Waals surface area contributed by atoms with Gasteiger partial charge in [-0.1, -0.05) is 18.2 Å². The van der Waals surface area contributed by atoms with Crippen LogP contribution in [0.2, 0.25) is 0 Å². The van der Waals surface area contributed by atoms with Crippen molar-refractivity contribution < 1.29 is 18.7 Å². The Bertz CT molecular complexity index is 1030. The number of rotatable bonds is 4. The maximum atomic E-state index is 14.2. The number of ether oxygens (including phenoxy) is 1. The van der Waals surface area contributed by atoms with Crippen molar-refractivity contribution in [2.24, 2.45) is 0 Å². The van der Waals surface area contributed by atoms with E-state index in [1.165, 1.54) is 6.07 Å². The molecular weight excluding hydrogens is 413 g/mol. The molecule has 5 rings (SSSR count). The molecule has 0 aliphatic carbocycles. The highest BCUT2D eigenvalue weighted by molar-refractivity contribution is 6.00. The third-order valence-electron chi connectivity index (χ3n) is 6.56. The summed E-state index contributed by atoms with van der Waals surface area (Å²) in [6, 6.07) is 13.1. The van der Waals surface area contributed by atoms with E-state index in [0.717, 1.165) is 35.8 Å². The minimum absolute atomic E-state index is 0.0847. The van der Waals surface area contributed by atoms with Gasteiger partial charge in [-0.15, -0.1) is 0 Å². The zero-order valence-corrected chi connectivity index (χ0v) is 18.1. The number of halogens is 1. The topological polar surface area (TPSA) is 68.4 Å². The van der Waals surface area contributed by atoms with Crippen LogP contribution in [0.15, 0.2) is 48.5 Å². The minimum Gasteiger partial charge on any atom is -0.497 e. The third kappa shape index (κ3) is 3.28. The van der Waals surface area contributed by atoms with Crippen LogP contribution in [-0.4, -0.2) is 72.4 Å². The maximum Gasteiger partial charge on any atom is 0.328 e. The van der Waals surface area contributed by atoms with Gasteiger partial charge in [0.15, 0.2) is 0 Å². The zero-order valence-electron chi connectivity index (χ0n) is 18.1. The molecule has 3 aliphatic rings. The van der Waals surface area contributed by atoms with Gasteiger partial charge in [-0.2, -0.15) is 0 Å². The molecule has 0 aromatic heterocycles. The summed E-state index contributed by atoms with van der Waals surface area (Å²) in [6.07, 6.45) is 0.210. The van der Waals surface area contributed by atoms with Crippen molar-refractivity contribution in [3.05, 3.63) is 59.9 Å². The molecule has 3 heterocycles. The van der Waals surface area contributed by atoms with E-state index in [-0.39, 0.29) is 18.7 Å². The van der Waals surface area contributed by atoms with Crippen LogP contribution in [0.5, 0.6) is 5.75 Å². The Kier molecular flexibility index (Phi) is 5.22. The van der Waals surface area contributed by atoms with Gasteiger partial charge < -0.3 is 14.5 Å². The average Bonchev–Trinajstić information content (AvgIpc) is 3.22. The number of amides is 3. The molecule has 3 aliphatic heterocycles. The minimum atomic E-state index is -0.532. The average molecular weight is 439 g/mol. The van der Waals surface area contributed by atoms with Crippen molar-refractivity contribution in [1.82, 2.24) is 20.0 Å². The van der Waals surface area contributed by atoms with Crippen molar-refractivity contribution in [1.29, 1.82) is 0 Å². The van der Waals surface area contributed by atoms with Crippen molar-refractivity contribution in [3.8, 4) is 5.75 Å². The van der Waals surface area contributed by atoms with E-state index < -0.39 is 24.1 Å². The van der Waals surface area contributed by atoms with Gasteiger partial charge in [-0.25, -0.2) is 9.18 Å². The van der Waals surface area contributed by atoms with Crippen LogP contribution >= 0.6 is 0 Å². The Morgan fingerprint density at radius 3 is 2.56 bits per heavy atom. The number of nitrogens with one attached hydrogen (secondary N) is 1. The van der Waals surface area contributed by atoms with Crippen molar-refractivity contribution in [3.63, 3.8) is 0 Å². The fourth-order valence-corrected chi connectivity index (χ4v) is 4.90. The quantitative estimate of drug-likeness (QED) is 0.786. The lowest BCUT2D eigenvalue weighted by Gasteiger charge is -2.43. The second-order valence-electron chi connectivity index (χ2n) is 8.32. The molecule has 32 heavy (non-hydrogen) atoms. The van der Waals surface area contributed by atoms with E-state index in [0.29, 0.717) is 5.56 Å². The number of carbonyl (C=O) groups excluding carboxylic acids is 2. The number of hydrogen-bond acceptors (Lipinski definition) is 6. The summed E-state index contributed by atoms with van der Waals surface area (Å²) in [7, 11) is 3.32. The Morgan fingerprint density at radius 2 is 1.84 bits per heavy atom. The molecule has 3 saturated heterocycles. The van der Waals surface area contributed by atoms with Crippen LogP contribution in [0.25, 0.3) is 0 Å². The fraction of sp³-hybridized carbons (Fsp3) is 0.391. The molecule has 3 unspecified atom stereocenters. The van der Waals surface area contributed by atoms with E-state index >= 15 is 0 Å². The molecule has 0 spiro atoms. The van der Waals surface area contributed by atoms with Crippen LogP contribution < -0.4 is 15.0 Å². The van der Waals surface area contributed by atoms with Gasteiger partial charge in [0, 0.05) is 31.4 Å². The van der Waals surface area contributed by atoms with E-state index in [4.69, 9.17) is 4.74 Å². The number of methoxy groups -OCH3 is 1. The van der Waals surface area contributed by atoms with E-state index in [1.54, 1.807) is 37.3 Å². The number of likely N-dealkylation sites (N-methyl/N-ethyl adjacent to an activating group) is 1. The Labute approximate surface area is 186 Å². The van der Waals surface area contributed by atoms with Gasteiger partial charge in [0.05, 0.1) is 13.7 Å². The van der Waals surface area contributed by atoms with Crippen LogP contribution in [0.4, 0.5) is 14.9 Å². The van der Waals surface area contributed by atoms with Crippen LogP contribution in [0.3, 0.4) is 0 Å². The summed E-state index contributed by atoms with van der Waals surface area (Å²) < 4.78 is 19.5. The fourth-order valence-electron chi connectivity index (χ4n) is 4.90. The first-order valence-electron chi connectivity index (χ1n) is 10.7. The van der Waals surface area contributed by atoms with Gasteiger partial charge in [0.1, 0.15) is 30.1 Å². The summed E-state index contributed by atoms with van der Waals surface area (Å²) in [5, 5.41) is 3.48. The monoisotopic (exact) mass is 439 g/mol. The predicted molar refractivity (Wildman–Crippen MR) is 116 cm³/mol. The van der Waals surface area contributed by atoms with Crippen molar-refractivity contribution >= 4 is 17.6 Å². The summed E-state index contributed by atoms with van der Waals surface area (Å²) >= 11 is 0. The molecule has 3 amide bonds. The Hall–Kier alpha value is -3.17. The molecule has 1 N–H and O–H groups in total. The number of anilines is 1. The molecule has 0 bridgehead atoms. The number of hydrogen-bond donors (Lipinski definition) is 1. The van der Waals surface area contributed by atoms with Gasteiger partial charge in [-0.3, -0.25) is 19.9 Å². The number of imide groups is 1. The largest absolute Gasteiger partial charge is 0.497 e. The van der Waals surface area contributed by atoms with Crippen LogP contribution in [0, 0.1) is 5.82 Å². The normalized spacial score (nSPS) is 25.7. The zero-order chi connectivity index (χ0) is 22.4. The summed E-state index contributed by atoms with van der Waals surface area (Å²) in [5.74, 6) is 0.0526. The molecular formula is C23H26FN5O3. The number of benzene rings is 2. The molecule has 9 heteroatoms. The van der Waals surface area contributed by atoms with E-state index in [1.807, 2.05) is 24.3 Å². The smallest absolute Gasteiger partial charge is 0.328 e. The number of carbonyl (C=O) groups is 2. The van der Waals surface area contributed by atoms with E-state index in [2.05, 4.69) is 15.1 Å². The first kappa shape index (κ1) is 20.7. The summed E-state index contributed by atoms with van der Waals surface area (Å²) in [5.41, 5.74) is 1.33. The molecule has 3 fully saturated rings. The lowest BCUT2D eigenvalue weighted by molar-refractivity contribution is -0.139. The molecule has 0 saturated carbocycles. The SMILES string of the molecule is COc1ccc(N2CCCN3C4C(=O)N(Cc5ccccc5F)C(=O)N(C)C4NC23)cc1. The molecule has 3 atom stereocenters. The molecule has 168 valence electrons. The number of nitrogens with zero attached hydrogens (tertiary/aromatic N) is 4. The molecule has 8 nitrogen and oxygen atoms in total. The molecule has 2 aromatic carbocycles.